The molecule has 1 aromatic heterocycles. The second-order valence-corrected chi connectivity index (χ2v) is 8.33. The average molecular weight is 460 g/mol. The predicted molar refractivity (Wildman–Crippen MR) is 119 cm³/mol. The Morgan fingerprint density at radius 2 is 1.97 bits per heavy atom. The Balaban J connectivity index is 1.49. The summed E-state index contributed by atoms with van der Waals surface area (Å²) in [6.07, 6.45) is 2.37. The van der Waals surface area contributed by atoms with E-state index < -0.39 is 5.97 Å². The van der Waals surface area contributed by atoms with E-state index >= 15 is 0 Å². The number of nitrogens with zero attached hydrogens (tertiary/aromatic N) is 1. The van der Waals surface area contributed by atoms with Gasteiger partial charge in [0.1, 0.15) is 5.03 Å². The summed E-state index contributed by atoms with van der Waals surface area (Å²) >= 11 is 1.10. The third-order valence-corrected chi connectivity index (χ3v) is 5.37. The Hall–Kier alpha value is -3.27. The number of aromatic nitrogens is 1. The molecule has 2 amide bonds. The van der Waals surface area contributed by atoms with Gasteiger partial charge in [-0.25, -0.2) is 9.78 Å². The second kappa shape index (κ2) is 11.4. The van der Waals surface area contributed by atoms with Gasteiger partial charge in [0.25, 0.3) is 5.91 Å². The molecule has 2 aromatic rings. The molecule has 0 aliphatic carbocycles. The minimum absolute atomic E-state index is 0.0292. The number of nitrogens with one attached hydrogen (secondary N) is 2. The van der Waals surface area contributed by atoms with Crippen molar-refractivity contribution in [1.29, 1.82) is 0 Å². The lowest BCUT2D eigenvalue weighted by Gasteiger charge is -2.10. The van der Waals surface area contributed by atoms with Gasteiger partial charge in [0.2, 0.25) is 12.7 Å². The van der Waals surface area contributed by atoms with Crippen molar-refractivity contribution in [3.8, 4) is 11.5 Å². The zero-order valence-corrected chi connectivity index (χ0v) is 18.7. The molecular weight excluding hydrogens is 434 g/mol. The van der Waals surface area contributed by atoms with Gasteiger partial charge in [0, 0.05) is 24.5 Å². The van der Waals surface area contributed by atoms with Crippen LogP contribution in [0.3, 0.4) is 0 Å². The molecule has 2 N–H and O–H groups in total. The maximum atomic E-state index is 12.4. The molecule has 0 saturated carbocycles. The lowest BCUT2D eigenvalue weighted by molar-refractivity contribution is -0.124. The number of benzene rings is 1. The van der Waals surface area contributed by atoms with Crippen LogP contribution in [0.15, 0.2) is 41.6 Å². The number of esters is 1. The molecule has 32 heavy (non-hydrogen) atoms. The fourth-order valence-corrected chi connectivity index (χ4v) is 3.51. The molecule has 3 rings (SSSR count). The first-order valence-electron chi connectivity index (χ1n) is 10.1. The van der Waals surface area contributed by atoms with E-state index in [1.165, 1.54) is 6.20 Å². The van der Waals surface area contributed by atoms with Gasteiger partial charge in [0.05, 0.1) is 11.3 Å². The highest BCUT2D eigenvalue weighted by Gasteiger charge is 2.18. The van der Waals surface area contributed by atoms with Crippen molar-refractivity contribution in [2.24, 2.45) is 5.92 Å². The van der Waals surface area contributed by atoms with Crippen LogP contribution < -0.4 is 20.1 Å². The van der Waals surface area contributed by atoms with Crippen LogP contribution >= 0.6 is 11.8 Å². The lowest BCUT2D eigenvalue weighted by Crippen LogP contribution is -2.30. The molecule has 0 saturated heterocycles. The van der Waals surface area contributed by atoms with Crippen molar-refractivity contribution in [3.05, 3.63) is 42.1 Å². The van der Waals surface area contributed by atoms with Crippen LogP contribution in [0.4, 0.5) is 5.69 Å². The maximum Gasteiger partial charge on any atom is 0.341 e. The highest BCUT2D eigenvalue weighted by molar-refractivity contribution is 8.00. The number of hydrogen-bond acceptors (Lipinski definition) is 8. The van der Waals surface area contributed by atoms with Crippen molar-refractivity contribution in [1.82, 2.24) is 10.3 Å². The number of ether oxygens (including phenoxy) is 3. The van der Waals surface area contributed by atoms with Crippen LogP contribution in [0.2, 0.25) is 0 Å². The van der Waals surface area contributed by atoms with E-state index in [1.807, 2.05) is 0 Å². The van der Waals surface area contributed by atoms with Crippen LogP contribution in [0.5, 0.6) is 11.5 Å². The Bertz CT molecular complexity index is 982. The number of thioether (sulfide) groups is 1. The van der Waals surface area contributed by atoms with Gasteiger partial charge in [-0.1, -0.05) is 25.6 Å². The van der Waals surface area contributed by atoms with Gasteiger partial charge in [-0.2, -0.15) is 0 Å². The molecule has 1 aromatic carbocycles. The summed E-state index contributed by atoms with van der Waals surface area (Å²) in [5.74, 6) is 0.386. The Morgan fingerprint density at radius 3 is 2.78 bits per heavy atom. The largest absolute Gasteiger partial charge is 0.454 e. The number of carbonyl (C=O) groups excluding carboxylic acids is 3. The zero-order valence-electron chi connectivity index (χ0n) is 17.9. The van der Waals surface area contributed by atoms with E-state index in [-0.39, 0.29) is 36.5 Å². The fraction of sp³-hybridized carbons (Fsp3) is 0.364. The van der Waals surface area contributed by atoms with Crippen LogP contribution in [0.25, 0.3) is 0 Å². The first-order chi connectivity index (χ1) is 15.4. The molecule has 0 unspecified atom stereocenters. The Labute approximate surface area is 190 Å². The molecule has 0 radical (unpaired) electrons. The van der Waals surface area contributed by atoms with Crippen molar-refractivity contribution in [2.75, 3.05) is 31.0 Å². The van der Waals surface area contributed by atoms with Crippen molar-refractivity contribution in [3.63, 3.8) is 0 Å². The van der Waals surface area contributed by atoms with Gasteiger partial charge in [0.15, 0.2) is 18.1 Å². The normalized spacial score (nSPS) is 11.8. The Morgan fingerprint density at radius 1 is 1.16 bits per heavy atom. The summed E-state index contributed by atoms with van der Waals surface area (Å²) in [6.45, 7) is 4.42. The summed E-state index contributed by atoms with van der Waals surface area (Å²) in [4.78, 5) is 40.7. The van der Waals surface area contributed by atoms with Crippen LogP contribution in [-0.4, -0.2) is 48.5 Å². The number of carbonyl (C=O) groups is 3. The molecule has 1 aliphatic heterocycles. The minimum atomic E-state index is -0.671. The van der Waals surface area contributed by atoms with Crippen LogP contribution in [0, 0.1) is 5.92 Å². The van der Waals surface area contributed by atoms with Gasteiger partial charge in [-0.3, -0.25) is 9.59 Å². The van der Waals surface area contributed by atoms with Gasteiger partial charge in [-0.15, -0.1) is 0 Å². The summed E-state index contributed by atoms with van der Waals surface area (Å²) in [7, 11) is 0. The first kappa shape index (κ1) is 23.4. The summed E-state index contributed by atoms with van der Waals surface area (Å²) < 4.78 is 15.6. The molecule has 170 valence electrons. The van der Waals surface area contributed by atoms with E-state index in [4.69, 9.17) is 14.2 Å². The quantitative estimate of drug-likeness (QED) is 0.412. The lowest BCUT2D eigenvalue weighted by atomic mass is 10.1. The average Bonchev–Trinajstić information content (AvgIpc) is 3.24. The second-order valence-electron chi connectivity index (χ2n) is 7.37. The zero-order chi connectivity index (χ0) is 22.9. The molecule has 1 aliphatic rings. The third kappa shape index (κ3) is 6.88. The molecule has 10 heteroatoms. The number of amides is 2. The molecular formula is C22H25N3O6S. The topological polar surface area (TPSA) is 116 Å². The number of hydrogen-bond donors (Lipinski definition) is 2. The highest BCUT2D eigenvalue weighted by Crippen LogP contribution is 2.34. The molecule has 0 fully saturated rings. The SMILES string of the molecule is CC(C)CCNC(=O)COC(=O)c1cccnc1SCC(=O)Nc1ccc2c(c1)OCO2. The van der Waals surface area contributed by atoms with Crippen molar-refractivity contribution >= 4 is 35.2 Å². The number of pyridine rings is 1. The Kier molecular flexibility index (Phi) is 8.32. The van der Waals surface area contributed by atoms with Gasteiger partial charge in [-0.05, 0) is 36.6 Å². The van der Waals surface area contributed by atoms with E-state index in [0.29, 0.717) is 34.7 Å². The molecule has 9 nitrogen and oxygen atoms in total. The highest BCUT2D eigenvalue weighted by atomic mass is 32.2. The van der Waals surface area contributed by atoms with E-state index in [1.54, 1.807) is 30.3 Å². The number of rotatable bonds is 10. The molecule has 2 heterocycles. The van der Waals surface area contributed by atoms with Crippen LogP contribution in [-0.2, 0) is 14.3 Å². The number of fused-ring (bicyclic) bond motifs is 1. The summed E-state index contributed by atoms with van der Waals surface area (Å²) in [5.41, 5.74) is 0.771. The monoisotopic (exact) mass is 459 g/mol. The van der Waals surface area contributed by atoms with Crippen molar-refractivity contribution < 1.29 is 28.6 Å². The van der Waals surface area contributed by atoms with Gasteiger partial charge >= 0.3 is 5.97 Å². The number of anilines is 1. The van der Waals surface area contributed by atoms with Crippen molar-refractivity contribution in [2.45, 2.75) is 25.3 Å². The molecule has 0 spiro atoms. The van der Waals surface area contributed by atoms with Gasteiger partial charge < -0.3 is 24.8 Å². The molecule has 0 bridgehead atoms. The standard InChI is InChI=1S/C22H25N3O6S/c1-14(2)7-9-23-19(26)11-29-22(28)16-4-3-8-24-21(16)32-12-20(27)25-15-5-6-17-18(10-15)31-13-30-17/h3-6,8,10,14H,7,9,11-13H2,1-2H3,(H,23,26)(H,25,27). The van der Waals surface area contributed by atoms with E-state index in [0.717, 1.165) is 18.2 Å². The minimum Gasteiger partial charge on any atom is -0.454 e. The predicted octanol–water partition coefficient (Wildman–Crippen LogP) is 2.86. The fourth-order valence-electron chi connectivity index (χ4n) is 2.73. The first-order valence-corrected chi connectivity index (χ1v) is 11.1. The summed E-state index contributed by atoms with van der Waals surface area (Å²) in [5, 5.41) is 5.82. The molecule has 0 atom stereocenters. The maximum absolute atomic E-state index is 12.4. The smallest absolute Gasteiger partial charge is 0.341 e. The van der Waals surface area contributed by atoms with E-state index in [9.17, 15) is 14.4 Å². The summed E-state index contributed by atoms with van der Waals surface area (Å²) in [6, 6.07) is 8.25. The van der Waals surface area contributed by atoms with E-state index in [2.05, 4.69) is 29.5 Å². The van der Waals surface area contributed by atoms with Crippen LogP contribution in [0.1, 0.15) is 30.6 Å². The third-order valence-electron chi connectivity index (χ3n) is 4.37.